The number of nitrogens with zero attached hydrogens (tertiary/aromatic N) is 2. The van der Waals surface area contributed by atoms with E-state index in [0.717, 1.165) is 29.4 Å². The Labute approximate surface area is 153 Å². The van der Waals surface area contributed by atoms with E-state index in [0.29, 0.717) is 12.1 Å². The lowest BCUT2D eigenvalue weighted by atomic mass is 9.85. The lowest BCUT2D eigenvalue weighted by Crippen LogP contribution is -2.38. The fraction of sp³-hybridized carbons (Fsp3) is 0.350. The number of ketones is 1. The summed E-state index contributed by atoms with van der Waals surface area (Å²) in [4.78, 5) is 16.6. The summed E-state index contributed by atoms with van der Waals surface area (Å²) in [6, 6.07) is 7.78. The third kappa shape index (κ3) is 3.90. The van der Waals surface area contributed by atoms with Crippen LogP contribution in [0, 0.1) is 5.41 Å². The minimum atomic E-state index is -0.474. The molecule has 0 radical (unpaired) electrons. The number of Topliss-reactive ketones (excluding diaryl/α,β-unsaturated/α-hetero) is 1. The molecule has 1 aromatic carbocycles. The van der Waals surface area contributed by atoms with Gasteiger partial charge in [-0.05, 0) is 23.8 Å². The van der Waals surface area contributed by atoms with Gasteiger partial charge in [-0.25, -0.2) is 0 Å². The molecule has 0 aliphatic carbocycles. The van der Waals surface area contributed by atoms with Crippen LogP contribution in [0.15, 0.2) is 59.8 Å². The van der Waals surface area contributed by atoms with E-state index < -0.39 is 5.41 Å². The maximum Gasteiger partial charge on any atom is 0.169 e. The summed E-state index contributed by atoms with van der Waals surface area (Å²) in [5, 5.41) is 11.1. The van der Waals surface area contributed by atoms with Gasteiger partial charge in [-0.2, -0.15) is 0 Å². The molecule has 0 unspecified atom stereocenters. The Bertz CT molecular complexity index is 787. The van der Waals surface area contributed by atoms with Gasteiger partial charge in [-0.3, -0.25) is 4.79 Å². The Balaban J connectivity index is 1.80. The summed E-state index contributed by atoms with van der Waals surface area (Å²) in [7, 11) is 0. The van der Waals surface area contributed by atoms with Crippen LogP contribution in [0.4, 0.5) is 0 Å². The minimum absolute atomic E-state index is 0.0273. The molecule has 2 aliphatic heterocycles. The summed E-state index contributed by atoms with van der Waals surface area (Å²) in [6.07, 6.45) is 5.35. The standard InChI is InChI=1S/C20H23ClN2O2/c1-20(2,3)19(25)15-10-18(24)17-13-22(7-8-23(17)12-15)11-14-5-4-6-16(21)9-14/h4-6,9-10,12-13,24H,7-8,11H2,1-3H3. The molecule has 1 N–H and O–H groups in total. The number of carbonyl (C=O) groups excluding carboxylic acids is 1. The number of rotatable bonds is 3. The first-order chi connectivity index (χ1) is 11.7. The second kappa shape index (κ2) is 6.60. The molecule has 0 aromatic heterocycles. The van der Waals surface area contributed by atoms with Crippen LogP contribution < -0.4 is 0 Å². The predicted octanol–water partition coefficient (Wildman–Crippen LogP) is 4.25. The highest BCUT2D eigenvalue weighted by atomic mass is 35.5. The van der Waals surface area contributed by atoms with Crippen molar-refractivity contribution in [3.05, 3.63) is 70.4 Å². The smallest absolute Gasteiger partial charge is 0.169 e. The maximum atomic E-state index is 12.5. The zero-order valence-electron chi connectivity index (χ0n) is 14.8. The van der Waals surface area contributed by atoms with Crippen LogP contribution in [0.25, 0.3) is 0 Å². The van der Waals surface area contributed by atoms with Gasteiger partial charge in [0.2, 0.25) is 0 Å². The third-order valence-electron chi connectivity index (χ3n) is 4.31. The highest BCUT2D eigenvalue weighted by molar-refractivity contribution is 6.30. The fourth-order valence-electron chi connectivity index (χ4n) is 2.99. The van der Waals surface area contributed by atoms with E-state index >= 15 is 0 Å². The first-order valence-corrected chi connectivity index (χ1v) is 8.76. The number of hydrogen-bond acceptors (Lipinski definition) is 4. The molecule has 0 amide bonds. The number of carbonyl (C=O) groups is 1. The van der Waals surface area contributed by atoms with Crippen LogP contribution >= 0.6 is 11.6 Å². The normalized spacial score (nSPS) is 17.5. The molecule has 4 nitrogen and oxygen atoms in total. The van der Waals surface area contributed by atoms with Crippen molar-refractivity contribution in [1.82, 2.24) is 9.80 Å². The average molecular weight is 359 g/mol. The van der Waals surface area contributed by atoms with Crippen molar-refractivity contribution in [3.63, 3.8) is 0 Å². The Kier molecular flexibility index (Phi) is 4.65. The number of aliphatic hydroxyl groups excluding tert-OH is 1. The molecule has 2 heterocycles. The van der Waals surface area contributed by atoms with Gasteiger partial charge in [0.15, 0.2) is 5.78 Å². The van der Waals surface area contributed by atoms with Crippen molar-refractivity contribution in [2.75, 3.05) is 13.1 Å². The van der Waals surface area contributed by atoms with Crippen molar-refractivity contribution < 1.29 is 9.90 Å². The molecule has 25 heavy (non-hydrogen) atoms. The largest absolute Gasteiger partial charge is 0.506 e. The maximum absolute atomic E-state index is 12.5. The van der Waals surface area contributed by atoms with Gasteiger partial charge in [-0.15, -0.1) is 0 Å². The summed E-state index contributed by atoms with van der Waals surface area (Å²) in [5.41, 5.74) is 1.92. The van der Waals surface area contributed by atoms with Gasteiger partial charge in [-0.1, -0.05) is 44.5 Å². The lowest BCUT2D eigenvalue weighted by Gasteiger charge is -2.36. The van der Waals surface area contributed by atoms with Gasteiger partial charge in [0, 0.05) is 48.0 Å². The van der Waals surface area contributed by atoms with E-state index in [2.05, 4.69) is 4.90 Å². The van der Waals surface area contributed by atoms with Gasteiger partial charge in [0.05, 0.1) is 5.70 Å². The molecule has 2 aliphatic rings. The quantitative estimate of drug-likeness (QED) is 0.877. The molecule has 0 atom stereocenters. The van der Waals surface area contributed by atoms with Crippen molar-refractivity contribution >= 4 is 17.4 Å². The molecule has 5 heteroatoms. The molecule has 0 fully saturated rings. The first kappa shape index (κ1) is 17.6. The highest BCUT2D eigenvalue weighted by Crippen LogP contribution is 2.30. The molecule has 132 valence electrons. The number of aliphatic hydroxyl groups is 1. The predicted molar refractivity (Wildman–Crippen MR) is 99.9 cm³/mol. The molecule has 0 bridgehead atoms. The first-order valence-electron chi connectivity index (χ1n) is 8.39. The van der Waals surface area contributed by atoms with Crippen LogP contribution in [0.2, 0.25) is 5.02 Å². The lowest BCUT2D eigenvalue weighted by molar-refractivity contribution is -0.122. The van der Waals surface area contributed by atoms with Gasteiger partial charge in [0.25, 0.3) is 0 Å². The van der Waals surface area contributed by atoms with E-state index in [1.54, 1.807) is 6.08 Å². The Morgan fingerprint density at radius 2 is 2.00 bits per heavy atom. The molecule has 1 aromatic rings. The summed E-state index contributed by atoms with van der Waals surface area (Å²) < 4.78 is 0. The van der Waals surface area contributed by atoms with E-state index in [4.69, 9.17) is 11.6 Å². The second-order valence-corrected chi connectivity index (χ2v) is 7.94. The van der Waals surface area contributed by atoms with E-state index in [-0.39, 0.29) is 11.5 Å². The van der Waals surface area contributed by atoms with Gasteiger partial charge < -0.3 is 14.9 Å². The van der Waals surface area contributed by atoms with Crippen LogP contribution in [0.1, 0.15) is 26.3 Å². The molecule has 0 saturated heterocycles. The second-order valence-electron chi connectivity index (χ2n) is 7.50. The summed E-state index contributed by atoms with van der Waals surface area (Å²) in [6.45, 7) is 7.89. The zero-order valence-corrected chi connectivity index (χ0v) is 15.5. The van der Waals surface area contributed by atoms with Crippen LogP contribution in [0.3, 0.4) is 0 Å². The monoisotopic (exact) mass is 358 g/mol. The SMILES string of the molecule is CC(C)(C)C(=O)C1=CN2CCN(Cc3cccc(Cl)c3)C=C2C(O)=C1. The highest BCUT2D eigenvalue weighted by Gasteiger charge is 2.30. The van der Waals surface area contributed by atoms with Crippen LogP contribution in [-0.2, 0) is 11.3 Å². The zero-order chi connectivity index (χ0) is 18.2. The number of benzene rings is 1. The molecular formula is C20H23ClN2O2. The topological polar surface area (TPSA) is 43.8 Å². The summed E-state index contributed by atoms with van der Waals surface area (Å²) >= 11 is 6.05. The van der Waals surface area contributed by atoms with E-state index in [1.807, 2.05) is 62.3 Å². The van der Waals surface area contributed by atoms with Gasteiger partial charge >= 0.3 is 0 Å². The number of allylic oxidation sites excluding steroid dienone is 2. The summed E-state index contributed by atoms with van der Waals surface area (Å²) in [5.74, 6) is 0.158. The van der Waals surface area contributed by atoms with Gasteiger partial charge in [0.1, 0.15) is 5.76 Å². The molecular weight excluding hydrogens is 336 g/mol. The van der Waals surface area contributed by atoms with Crippen molar-refractivity contribution in [2.24, 2.45) is 5.41 Å². The van der Waals surface area contributed by atoms with E-state index in [1.165, 1.54) is 0 Å². The van der Waals surface area contributed by atoms with Crippen molar-refractivity contribution in [2.45, 2.75) is 27.3 Å². The minimum Gasteiger partial charge on any atom is -0.506 e. The van der Waals surface area contributed by atoms with Crippen LogP contribution in [-0.4, -0.2) is 33.8 Å². The van der Waals surface area contributed by atoms with Crippen molar-refractivity contribution in [1.29, 1.82) is 0 Å². The Hall–Kier alpha value is -2.20. The third-order valence-corrected chi connectivity index (χ3v) is 4.55. The molecule has 0 spiro atoms. The van der Waals surface area contributed by atoms with Crippen LogP contribution in [0.5, 0.6) is 0 Å². The number of fused-ring (bicyclic) bond motifs is 1. The van der Waals surface area contributed by atoms with E-state index in [9.17, 15) is 9.90 Å². The Morgan fingerprint density at radius 1 is 1.24 bits per heavy atom. The van der Waals surface area contributed by atoms with Crippen molar-refractivity contribution in [3.8, 4) is 0 Å². The Morgan fingerprint density at radius 3 is 2.68 bits per heavy atom. The molecule has 0 saturated carbocycles. The number of halogens is 1. The fourth-order valence-corrected chi connectivity index (χ4v) is 3.21. The number of hydrogen-bond donors (Lipinski definition) is 1. The average Bonchev–Trinajstić information content (AvgIpc) is 2.53. The molecule has 3 rings (SSSR count).